The van der Waals surface area contributed by atoms with Crippen LogP contribution in [0.2, 0.25) is 0 Å². The molecule has 0 saturated heterocycles. The molecule has 1 unspecified atom stereocenters. The first kappa shape index (κ1) is 20.0. The number of quaternary nitrogens is 1. The van der Waals surface area contributed by atoms with Crippen molar-refractivity contribution in [3.05, 3.63) is 65.5 Å². The number of primary sulfonamides is 1. The number of sulfonamides is 1. The lowest BCUT2D eigenvalue weighted by Crippen LogP contribution is -3.08. The first-order valence-electron chi connectivity index (χ1n) is 8.13. The highest BCUT2D eigenvalue weighted by atomic mass is 32.2. The van der Waals surface area contributed by atoms with E-state index in [4.69, 9.17) is 5.14 Å². The summed E-state index contributed by atoms with van der Waals surface area (Å²) in [4.78, 5) is 13.2. The zero-order valence-corrected chi connectivity index (χ0v) is 15.5. The molecule has 0 aliphatic rings. The van der Waals surface area contributed by atoms with Crippen molar-refractivity contribution < 1.29 is 22.5 Å². The molecule has 0 aromatic heterocycles. The topological polar surface area (TPSA) is 93.7 Å². The van der Waals surface area contributed by atoms with Crippen LogP contribution in [-0.4, -0.2) is 27.9 Å². The molecule has 1 amide bonds. The number of benzene rings is 2. The number of nitrogens with one attached hydrogen (secondary N) is 2. The van der Waals surface area contributed by atoms with Crippen molar-refractivity contribution in [3.63, 3.8) is 0 Å². The molecule has 2 aromatic rings. The van der Waals surface area contributed by atoms with Gasteiger partial charge in [0, 0.05) is 5.56 Å². The third kappa shape index (κ3) is 5.91. The Labute approximate surface area is 152 Å². The number of likely N-dealkylation sites (N-methyl/N-ethyl adjacent to an activating group) is 1. The van der Waals surface area contributed by atoms with Crippen molar-refractivity contribution in [1.82, 2.24) is 5.32 Å². The monoisotopic (exact) mass is 380 g/mol. The average molecular weight is 380 g/mol. The number of amides is 1. The van der Waals surface area contributed by atoms with Crippen molar-refractivity contribution in [1.29, 1.82) is 0 Å². The summed E-state index contributed by atoms with van der Waals surface area (Å²) in [6.45, 7) is 2.68. The number of rotatable bonds is 7. The van der Waals surface area contributed by atoms with E-state index in [-0.39, 0.29) is 29.2 Å². The summed E-state index contributed by atoms with van der Waals surface area (Å²) in [5.41, 5.74) is 1.73. The lowest BCUT2D eigenvalue weighted by molar-refractivity contribution is -0.885. The molecule has 0 saturated carbocycles. The molecule has 0 bridgehead atoms. The van der Waals surface area contributed by atoms with Crippen LogP contribution >= 0.6 is 0 Å². The minimum atomic E-state index is -3.73. The van der Waals surface area contributed by atoms with Gasteiger partial charge < -0.3 is 10.2 Å². The minimum absolute atomic E-state index is 0.0308. The number of hydrogen-bond donors (Lipinski definition) is 3. The lowest BCUT2D eigenvalue weighted by Gasteiger charge is -2.17. The first-order chi connectivity index (χ1) is 12.1. The van der Waals surface area contributed by atoms with Gasteiger partial charge >= 0.3 is 0 Å². The Balaban J connectivity index is 1.89. The van der Waals surface area contributed by atoms with E-state index < -0.39 is 10.0 Å². The number of carbonyl (C=O) groups is 1. The summed E-state index contributed by atoms with van der Waals surface area (Å²) >= 11 is 0. The van der Waals surface area contributed by atoms with Gasteiger partial charge in [-0.1, -0.05) is 24.3 Å². The maximum absolute atomic E-state index is 12.9. The third-order valence-corrected chi connectivity index (χ3v) is 4.90. The van der Waals surface area contributed by atoms with Crippen LogP contribution in [0.15, 0.2) is 53.4 Å². The van der Waals surface area contributed by atoms with Crippen LogP contribution in [0.4, 0.5) is 4.39 Å². The van der Waals surface area contributed by atoms with E-state index in [1.165, 1.54) is 24.3 Å². The van der Waals surface area contributed by atoms with E-state index >= 15 is 0 Å². The Kier molecular flexibility index (Phi) is 6.47. The molecule has 0 heterocycles. The van der Waals surface area contributed by atoms with E-state index in [0.29, 0.717) is 6.54 Å². The Morgan fingerprint density at radius 3 is 2.27 bits per heavy atom. The van der Waals surface area contributed by atoms with Crippen molar-refractivity contribution in [2.45, 2.75) is 24.4 Å². The molecule has 0 aliphatic heterocycles. The largest absolute Gasteiger partial charge is 0.345 e. The zero-order chi connectivity index (χ0) is 19.3. The highest BCUT2D eigenvalue weighted by Crippen LogP contribution is 2.15. The van der Waals surface area contributed by atoms with Crippen LogP contribution in [0.3, 0.4) is 0 Å². The van der Waals surface area contributed by atoms with Crippen molar-refractivity contribution >= 4 is 15.9 Å². The average Bonchev–Trinajstić information content (AvgIpc) is 2.56. The van der Waals surface area contributed by atoms with E-state index in [2.05, 4.69) is 5.32 Å². The quantitative estimate of drug-likeness (QED) is 0.648. The molecule has 2 rings (SSSR count). The van der Waals surface area contributed by atoms with Crippen molar-refractivity contribution in [2.75, 3.05) is 13.6 Å². The predicted molar refractivity (Wildman–Crippen MR) is 96.2 cm³/mol. The molecular weight excluding hydrogens is 357 g/mol. The van der Waals surface area contributed by atoms with Gasteiger partial charge in [-0.3, -0.25) is 4.79 Å². The summed E-state index contributed by atoms with van der Waals surface area (Å²) in [6.07, 6.45) is 0. The molecule has 8 heteroatoms. The Morgan fingerprint density at radius 2 is 1.73 bits per heavy atom. The van der Waals surface area contributed by atoms with Gasteiger partial charge in [0.25, 0.3) is 5.91 Å². The molecule has 4 N–H and O–H groups in total. The smallest absolute Gasteiger partial charge is 0.275 e. The van der Waals surface area contributed by atoms with E-state index in [9.17, 15) is 17.6 Å². The highest BCUT2D eigenvalue weighted by Gasteiger charge is 2.15. The fourth-order valence-electron chi connectivity index (χ4n) is 2.61. The van der Waals surface area contributed by atoms with Crippen LogP contribution in [0.1, 0.15) is 24.1 Å². The summed E-state index contributed by atoms with van der Waals surface area (Å²) in [5, 5.41) is 7.95. The van der Waals surface area contributed by atoms with Crippen LogP contribution in [0.5, 0.6) is 0 Å². The summed E-state index contributed by atoms with van der Waals surface area (Å²) in [6, 6.07) is 12.0. The molecule has 140 valence electrons. The van der Waals surface area contributed by atoms with Gasteiger partial charge in [0.15, 0.2) is 6.54 Å². The van der Waals surface area contributed by atoms with Gasteiger partial charge in [0.2, 0.25) is 10.0 Å². The Bertz CT molecular complexity index is 852. The predicted octanol–water partition coefficient (Wildman–Crippen LogP) is 0.365. The van der Waals surface area contributed by atoms with Gasteiger partial charge in [0.05, 0.1) is 18.0 Å². The Morgan fingerprint density at radius 1 is 1.15 bits per heavy atom. The van der Waals surface area contributed by atoms with Gasteiger partial charge in [-0.05, 0) is 36.8 Å². The van der Waals surface area contributed by atoms with Gasteiger partial charge in [-0.15, -0.1) is 0 Å². The van der Waals surface area contributed by atoms with Crippen LogP contribution in [0, 0.1) is 5.82 Å². The summed E-state index contributed by atoms with van der Waals surface area (Å²) < 4.78 is 35.5. The number of nitrogens with two attached hydrogens (primary N) is 1. The first-order valence-corrected chi connectivity index (χ1v) is 9.67. The molecule has 2 aromatic carbocycles. The lowest BCUT2D eigenvalue weighted by atomic mass is 10.1. The molecule has 6 nitrogen and oxygen atoms in total. The van der Waals surface area contributed by atoms with Gasteiger partial charge in [0.1, 0.15) is 12.4 Å². The maximum atomic E-state index is 12.9. The van der Waals surface area contributed by atoms with Gasteiger partial charge in [-0.25, -0.2) is 17.9 Å². The molecule has 0 spiro atoms. The van der Waals surface area contributed by atoms with Crippen molar-refractivity contribution in [3.8, 4) is 0 Å². The second-order valence-electron chi connectivity index (χ2n) is 6.34. The number of halogens is 1. The standard InChI is InChI=1S/C18H22FN3O3S/c1-13(15-5-9-17(10-6-15)26(20,24)25)21-18(23)12-22(2)11-14-3-7-16(19)8-4-14/h3-10,13H,11-12H2,1-2H3,(H,21,23)(H2,20,24,25)/p+1/t13-/m0/s1. The zero-order valence-electron chi connectivity index (χ0n) is 14.7. The molecule has 0 aliphatic carbocycles. The van der Waals surface area contributed by atoms with Gasteiger partial charge in [-0.2, -0.15) is 0 Å². The van der Waals surface area contributed by atoms with Crippen LogP contribution in [0.25, 0.3) is 0 Å². The maximum Gasteiger partial charge on any atom is 0.275 e. The van der Waals surface area contributed by atoms with Crippen LogP contribution in [-0.2, 0) is 21.4 Å². The number of hydrogen-bond acceptors (Lipinski definition) is 3. The van der Waals surface area contributed by atoms with E-state index in [1.807, 2.05) is 14.0 Å². The van der Waals surface area contributed by atoms with Crippen molar-refractivity contribution in [2.24, 2.45) is 5.14 Å². The fourth-order valence-corrected chi connectivity index (χ4v) is 3.12. The summed E-state index contributed by atoms with van der Waals surface area (Å²) in [7, 11) is -1.85. The molecule has 0 fully saturated rings. The van der Waals surface area contributed by atoms with E-state index in [0.717, 1.165) is 16.0 Å². The minimum Gasteiger partial charge on any atom is -0.345 e. The highest BCUT2D eigenvalue weighted by molar-refractivity contribution is 7.89. The fraction of sp³-hybridized carbons (Fsp3) is 0.278. The Hall–Kier alpha value is -2.29. The molecule has 2 atom stereocenters. The molecule has 26 heavy (non-hydrogen) atoms. The molecular formula is C18H23FN3O3S+. The molecule has 0 radical (unpaired) electrons. The SMILES string of the molecule is C[C@H](NC(=O)C[NH+](C)Cc1ccc(F)cc1)c1ccc(S(N)(=O)=O)cc1. The third-order valence-electron chi connectivity index (χ3n) is 3.97. The number of carbonyl (C=O) groups excluding carboxylic acids is 1. The normalized spacial score (nSPS) is 13.8. The summed E-state index contributed by atoms with van der Waals surface area (Å²) in [5.74, 6) is -0.418. The second-order valence-corrected chi connectivity index (χ2v) is 7.90. The van der Waals surface area contributed by atoms with E-state index in [1.54, 1.807) is 24.3 Å². The second kappa shape index (κ2) is 8.39. The van der Waals surface area contributed by atoms with Crippen LogP contribution < -0.4 is 15.4 Å².